The first-order chi connectivity index (χ1) is 7.58. The molecule has 1 atom stereocenters. The first-order valence-corrected chi connectivity index (χ1v) is 4.82. The van der Waals surface area contributed by atoms with Crippen LogP contribution in [0.4, 0.5) is 11.4 Å². The van der Waals surface area contributed by atoms with Crippen LogP contribution in [0, 0.1) is 10.1 Å². The first-order valence-electron chi connectivity index (χ1n) is 4.82. The number of hydrogen-bond acceptors (Lipinski definition) is 4. The van der Waals surface area contributed by atoms with Crippen molar-refractivity contribution < 1.29 is 14.8 Å². The van der Waals surface area contributed by atoms with Crippen molar-refractivity contribution in [2.75, 3.05) is 5.32 Å². The highest BCUT2D eigenvalue weighted by molar-refractivity contribution is 5.73. The molecule has 6 heteroatoms. The maximum atomic E-state index is 10.7. The topological polar surface area (TPSA) is 92.5 Å². The molecule has 1 heterocycles. The number of aliphatic carboxylic acids is 1. The lowest BCUT2D eigenvalue weighted by Gasteiger charge is -2.06. The maximum Gasteiger partial charge on any atom is 0.305 e. The van der Waals surface area contributed by atoms with Gasteiger partial charge in [0.1, 0.15) is 5.69 Å². The van der Waals surface area contributed by atoms with E-state index >= 15 is 0 Å². The number of carboxylic acid groups (broad SMARTS) is 1. The smallest absolute Gasteiger partial charge is 0.305 e. The molecule has 1 aliphatic rings. The summed E-state index contributed by atoms with van der Waals surface area (Å²) in [6.45, 7) is 0. The summed E-state index contributed by atoms with van der Waals surface area (Å²) < 4.78 is 0. The molecule has 0 bridgehead atoms. The molecule has 16 heavy (non-hydrogen) atoms. The van der Waals surface area contributed by atoms with Crippen molar-refractivity contribution in [3.05, 3.63) is 33.9 Å². The molecule has 1 aromatic carbocycles. The number of anilines is 1. The molecule has 84 valence electrons. The molecule has 1 aliphatic heterocycles. The second-order valence-electron chi connectivity index (χ2n) is 3.71. The number of carbonyl (C=O) groups is 1. The Labute approximate surface area is 91.0 Å². The van der Waals surface area contributed by atoms with Gasteiger partial charge in [0.2, 0.25) is 0 Å². The number of nitrogens with zero attached hydrogens (tertiary/aromatic N) is 1. The number of fused-ring (bicyclic) bond motifs is 1. The van der Waals surface area contributed by atoms with Gasteiger partial charge in [0, 0.05) is 12.1 Å². The molecule has 0 aliphatic carbocycles. The van der Waals surface area contributed by atoms with Gasteiger partial charge in [0.25, 0.3) is 5.69 Å². The summed E-state index contributed by atoms with van der Waals surface area (Å²) in [6.07, 6.45) is 0.481. The van der Waals surface area contributed by atoms with Crippen LogP contribution in [0.5, 0.6) is 0 Å². The fraction of sp³-hybridized carbons (Fsp3) is 0.300. The normalized spacial score (nSPS) is 17.6. The van der Waals surface area contributed by atoms with Crippen molar-refractivity contribution >= 4 is 17.3 Å². The van der Waals surface area contributed by atoms with E-state index in [2.05, 4.69) is 5.32 Å². The second-order valence-corrected chi connectivity index (χ2v) is 3.71. The molecule has 0 spiro atoms. The summed E-state index contributed by atoms with van der Waals surface area (Å²) in [5.41, 5.74) is 1.27. The number of nitro benzene ring substituents is 1. The molecule has 0 saturated carbocycles. The molecule has 0 fully saturated rings. The van der Waals surface area contributed by atoms with Gasteiger partial charge in [-0.1, -0.05) is 12.1 Å². The zero-order chi connectivity index (χ0) is 11.7. The Morgan fingerprint density at radius 2 is 2.38 bits per heavy atom. The Morgan fingerprint density at radius 1 is 1.62 bits per heavy atom. The molecular formula is C10H10N2O4. The van der Waals surface area contributed by atoms with E-state index in [-0.39, 0.29) is 18.2 Å². The Hall–Kier alpha value is -2.11. The van der Waals surface area contributed by atoms with Gasteiger partial charge in [0.05, 0.1) is 11.3 Å². The van der Waals surface area contributed by atoms with E-state index in [9.17, 15) is 14.9 Å². The summed E-state index contributed by atoms with van der Waals surface area (Å²) >= 11 is 0. The second kappa shape index (κ2) is 3.80. The molecule has 2 N–H and O–H groups in total. The third-order valence-corrected chi connectivity index (χ3v) is 2.56. The van der Waals surface area contributed by atoms with Crippen LogP contribution in [0.3, 0.4) is 0 Å². The van der Waals surface area contributed by atoms with Gasteiger partial charge < -0.3 is 10.4 Å². The number of nitrogens with one attached hydrogen (secondary N) is 1. The summed E-state index contributed by atoms with van der Waals surface area (Å²) in [7, 11) is 0. The van der Waals surface area contributed by atoms with Crippen molar-refractivity contribution in [2.45, 2.75) is 18.9 Å². The lowest BCUT2D eigenvalue weighted by atomic mass is 10.1. The van der Waals surface area contributed by atoms with E-state index in [1.165, 1.54) is 6.07 Å². The highest BCUT2D eigenvalue weighted by Crippen LogP contribution is 2.35. The van der Waals surface area contributed by atoms with Gasteiger partial charge >= 0.3 is 5.97 Å². The number of para-hydroxylation sites is 1. The molecule has 6 nitrogen and oxygen atoms in total. The van der Waals surface area contributed by atoms with Crippen LogP contribution in [0.2, 0.25) is 0 Å². The number of hydrogen-bond donors (Lipinski definition) is 2. The lowest BCUT2D eigenvalue weighted by Crippen LogP contribution is -2.19. The van der Waals surface area contributed by atoms with E-state index in [1.54, 1.807) is 12.1 Å². The average Bonchev–Trinajstić information content (AvgIpc) is 2.57. The minimum absolute atomic E-state index is 0.00499. The number of nitro groups is 1. The maximum absolute atomic E-state index is 10.7. The van der Waals surface area contributed by atoms with Crippen LogP contribution in [0.25, 0.3) is 0 Å². The molecule has 0 radical (unpaired) electrons. The van der Waals surface area contributed by atoms with E-state index in [0.29, 0.717) is 12.1 Å². The van der Waals surface area contributed by atoms with Crippen molar-refractivity contribution in [1.29, 1.82) is 0 Å². The van der Waals surface area contributed by atoms with Crippen LogP contribution in [-0.2, 0) is 11.2 Å². The first kappa shape index (κ1) is 10.4. The predicted octanol–water partition coefficient (Wildman–Crippen LogP) is 1.41. The zero-order valence-corrected chi connectivity index (χ0v) is 8.34. The Bertz CT molecular complexity index is 458. The third kappa shape index (κ3) is 1.81. The summed E-state index contributed by atoms with van der Waals surface area (Å²) in [5.74, 6) is -0.909. The SMILES string of the molecule is O=C(O)CC1Cc2cccc([N+](=O)[O-])c2N1. The van der Waals surface area contributed by atoms with Gasteiger partial charge in [0.15, 0.2) is 0 Å². The molecule has 0 aromatic heterocycles. The Morgan fingerprint density at radius 3 is 3.00 bits per heavy atom. The van der Waals surface area contributed by atoms with Crippen LogP contribution in [-0.4, -0.2) is 22.0 Å². The van der Waals surface area contributed by atoms with Crippen LogP contribution in [0.1, 0.15) is 12.0 Å². The third-order valence-electron chi connectivity index (χ3n) is 2.56. The standard InChI is InChI=1S/C10H10N2O4/c13-9(14)5-7-4-6-2-1-3-8(12(15)16)10(6)11-7/h1-3,7,11H,4-5H2,(H,13,14). The largest absolute Gasteiger partial charge is 0.481 e. The molecule has 1 aromatic rings. The Kier molecular flexibility index (Phi) is 2.47. The van der Waals surface area contributed by atoms with Gasteiger partial charge in [-0.3, -0.25) is 14.9 Å². The molecule has 0 amide bonds. The van der Waals surface area contributed by atoms with Crippen molar-refractivity contribution in [2.24, 2.45) is 0 Å². The van der Waals surface area contributed by atoms with E-state index in [0.717, 1.165) is 5.56 Å². The van der Waals surface area contributed by atoms with Gasteiger partial charge in [-0.2, -0.15) is 0 Å². The molecule has 1 unspecified atom stereocenters. The van der Waals surface area contributed by atoms with Crippen LogP contribution >= 0.6 is 0 Å². The quantitative estimate of drug-likeness (QED) is 0.595. The van der Waals surface area contributed by atoms with Crippen molar-refractivity contribution in [1.82, 2.24) is 0 Å². The van der Waals surface area contributed by atoms with Crippen molar-refractivity contribution in [3.8, 4) is 0 Å². The number of benzene rings is 1. The number of rotatable bonds is 3. The van der Waals surface area contributed by atoms with Crippen LogP contribution < -0.4 is 5.32 Å². The fourth-order valence-electron chi connectivity index (χ4n) is 1.93. The molecular weight excluding hydrogens is 212 g/mol. The van der Waals surface area contributed by atoms with Gasteiger partial charge in [-0.25, -0.2) is 0 Å². The minimum Gasteiger partial charge on any atom is -0.481 e. The molecule has 0 saturated heterocycles. The van der Waals surface area contributed by atoms with Gasteiger partial charge in [-0.15, -0.1) is 0 Å². The minimum atomic E-state index is -0.909. The zero-order valence-electron chi connectivity index (χ0n) is 8.34. The van der Waals surface area contributed by atoms with E-state index < -0.39 is 10.9 Å². The van der Waals surface area contributed by atoms with E-state index in [1.807, 2.05) is 0 Å². The van der Waals surface area contributed by atoms with E-state index in [4.69, 9.17) is 5.11 Å². The fourth-order valence-corrected chi connectivity index (χ4v) is 1.93. The Balaban J connectivity index is 2.26. The van der Waals surface area contributed by atoms with Crippen LogP contribution in [0.15, 0.2) is 18.2 Å². The van der Waals surface area contributed by atoms with Crippen molar-refractivity contribution in [3.63, 3.8) is 0 Å². The van der Waals surface area contributed by atoms with Gasteiger partial charge in [-0.05, 0) is 12.0 Å². The summed E-state index contributed by atoms with van der Waals surface area (Å²) in [6, 6.07) is 4.54. The number of carboxylic acids is 1. The lowest BCUT2D eigenvalue weighted by molar-refractivity contribution is -0.383. The summed E-state index contributed by atoms with van der Waals surface area (Å²) in [4.78, 5) is 20.8. The highest BCUT2D eigenvalue weighted by atomic mass is 16.6. The molecule has 2 rings (SSSR count). The monoisotopic (exact) mass is 222 g/mol. The average molecular weight is 222 g/mol. The summed E-state index contributed by atoms with van der Waals surface area (Å²) in [5, 5.41) is 22.3. The predicted molar refractivity (Wildman–Crippen MR) is 56.5 cm³/mol. The highest BCUT2D eigenvalue weighted by Gasteiger charge is 2.28.